The van der Waals surface area contributed by atoms with Crippen molar-refractivity contribution in [1.29, 1.82) is 0 Å². The first-order valence-corrected chi connectivity index (χ1v) is 8.88. The third-order valence-corrected chi connectivity index (χ3v) is 4.06. The van der Waals surface area contributed by atoms with Crippen LogP contribution in [0.2, 0.25) is 0 Å². The van der Waals surface area contributed by atoms with Gasteiger partial charge in [-0.15, -0.1) is 0 Å². The number of hydrogen-bond acceptors (Lipinski definition) is 6. The zero-order valence-corrected chi connectivity index (χ0v) is 15.7. The Morgan fingerprint density at radius 2 is 2.44 bits per heavy atom. The Morgan fingerprint density at radius 3 is 3.11 bits per heavy atom. The zero-order valence-electron chi connectivity index (χ0n) is 15.7. The molecule has 4 N–H and O–H groups in total. The van der Waals surface area contributed by atoms with Gasteiger partial charge in [0.2, 0.25) is 0 Å². The predicted molar refractivity (Wildman–Crippen MR) is 102 cm³/mol. The molecular weight excluding hydrogens is 346 g/mol. The monoisotopic (exact) mass is 372 g/mol. The van der Waals surface area contributed by atoms with Gasteiger partial charge >= 0.3 is 6.09 Å². The van der Waals surface area contributed by atoms with Gasteiger partial charge < -0.3 is 20.6 Å². The van der Waals surface area contributed by atoms with E-state index in [4.69, 9.17) is 10.6 Å². The van der Waals surface area contributed by atoms with Crippen LogP contribution in [0.4, 0.5) is 4.79 Å². The van der Waals surface area contributed by atoms with Crippen molar-refractivity contribution in [2.24, 2.45) is 10.9 Å². The molecule has 0 aromatic carbocycles. The number of hydrogen-bond donors (Lipinski definition) is 3. The molecule has 0 saturated carbocycles. The molecule has 1 atom stereocenters. The Bertz CT molecular complexity index is 758. The predicted octanol–water partition coefficient (Wildman–Crippen LogP) is -0.519. The van der Waals surface area contributed by atoms with Gasteiger partial charge in [-0.25, -0.2) is 9.79 Å². The fraction of sp³-hybridized carbons (Fsp3) is 0.474. The lowest BCUT2D eigenvalue weighted by Crippen LogP contribution is -2.73. The number of hydrazone groups is 1. The van der Waals surface area contributed by atoms with E-state index < -0.39 is 6.09 Å². The highest BCUT2D eigenvalue weighted by Crippen LogP contribution is 2.10. The molecule has 0 bridgehead atoms. The minimum Gasteiger partial charge on any atom is -0.453 e. The number of nitrogens with one attached hydrogen (secondary N) is 2. The molecule has 144 valence electrons. The van der Waals surface area contributed by atoms with Crippen LogP contribution in [-0.4, -0.2) is 55.9 Å². The Hall–Kier alpha value is -2.92. The number of pyridine rings is 1. The molecule has 8 heteroatoms. The van der Waals surface area contributed by atoms with Crippen molar-refractivity contribution in [3.05, 3.63) is 29.1 Å². The molecular formula is C19H26N5O3+. The Morgan fingerprint density at radius 1 is 1.59 bits per heavy atom. The summed E-state index contributed by atoms with van der Waals surface area (Å²) in [6, 6.07) is 1.90. The van der Waals surface area contributed by atoms with Crippen LogP contribution >= 0.6 is 0 Å². The molecule has 0 spiro atoms. The summed E-state index contributed by atoms with van der Waals surface area (Å²) < 4.78 is 10.2. The first-order valence-electron chi connectivity index (χ1n) is 8.88. The number of rotatable bonds is 5. The van der Waals surface area contributed by atoms with Gasteiger partial charge in [0.05, 0.1) is 19.3 Å². The number of alkyl carbamates (subject to hydrolysis) is 1. The Kier molecular flexibility index (Phi) is 8.26. The number of amides is 1. The summed E-state index contributed by atoms with van der Waals surface area (Å²) in [5, 5.41) is 6.33. The Balaban J connectivity index is 1.97. The summed E-state index contributed by atoms with van der Waals surface area (Å²) in [5.74, 6) is 11.3. The second-order valence-corrected chi connectivity index (χ2v) is 6.09. The minimum atomic E-state index is -0.514. The summed E-state index contributed by atoms with van der Waals surface area (Å²) in [4.78, 5) is 18.6. The van der Waals surface area contributed by atoms with Crippen LogP contribution in [-0.2, 0) is 9.47 Å². The van der Waals surface area contributed by atoms with E-state index in [1.54, 1.807) is 12.4 Å². The van der Waals surface area contributed by atoms with E-state index in [9.17, 15) is 4.79 Å². The lowest BCUT2D eigenvalue weighted by atomic mass is 10.1. The van der Waals surface area contributed by atoms with Gasteiger partial charge in [0.25, 0.3) is 0 Å². The summed E-state index contributed by atoms with van der Waals surface area (Å²) in [5.41, 5.74) is 2.89. The third kappa shape index (κ3) is 6.72. The van der Waals surface area contributed by atoms with Crippen molar-refractivity contribution in [2.75, 3.05) is 26.8 Å². The fourth-order valence-corrected chi connectivity index (χ4v) is 2.67. The van der Waals surface area contributed by atoms with Crippen molar-refractivity contribution in [3.8, 4) is 11.8 Å². The molecule has 1 aliphatic rings. The van der Waals surface area contributed by atoms with Gasteiger partial charge in [0, 0.05) is 18.4 Å². The normalized spacial score (nSPS) is 17.3. The van der Waals surface area contributed by atoms with Gasteiger partial charge in [-0.05, 0) is 37.8 Å². The number of nitrogens with two attached hydrogens (primary N) is 1. The topological polar surface area (TPSA) is 113 Å². The molecule has 1 aliphatic heterocycles. The smallest absolute Gasteiger partial charge is 0.407 e. The average molecular weight is 372 g/mol. The number of carbonyl (C=O) groups is 1. The first kappa shape index (κ1) is 20.4. The van der Waals surface area contributed by atoms with E-state index >= 15 is 0 Å². The van der Waals surface area contributed by atoms with Gasteiger partial charge in [-0.1, -0.05) is 11.8 Å². The number of aromatic nitrogens is 1. The molecule has 1 aromatic heterocycles. The molecule has 1 fully saturated rings. The quantitative estimate of drug-likeness (QED) is 0.279. The first-order chi connectivity index (χ1) is 13.1. The molecule has 0 radical (unpaired) electrons. The maximum Gasteiger partial charge on any atom is 0.407 e. The van der Waals surface area contributed by atoms with Crippen LogP contribution in [0.1, 0.15) is 36.1 Å². The van der Waals surface area contributed by atoms with Crippen LogP contribution in [0.25, 0.3) is 0 Å². The van der Waals surface area contributed by atoms with Gasteiger partial charge in [-0.3, -0.25) is 4.98 Å². The van der Waals surface area contributed by atoms with E-state index in [-0.39, 0.29) is 12.6 Å². The molecule has 2 rings (SSSR count). The number of ether oxygens (including phenoxy) is 2. The van der Waals surface area contributed by atoms with Crippen LogP contribution in [0.3, 0.4) is 0 Å². The average Bonchev–Trinajstić information content (AvgIpc) is 2.70. The van der Waals surface area contributed by atoms with Crippen LogP contribution in [0, 0.1) is 18.8 Å². The van der Waals surface area contributed by atoms with E-state index in [1.807, 2.05) is 13.0 Å². The summed E-state index contributed by atoms with van der Waals surface area (Å²) in [7, 11) is 1.30. The maximum absolute atomic E-state index is 11.0. The molecule has 1 amide bonds. The molecule has 8 nitrogen and oxygen atoms in total. The minimum absolute atomic E-state index is 0.198. The van der Waals surface area contributed by atoms with Crippen molar-refractivity contribution in [2.45, 2.75) is 32.3 Å². The molecule has 1 unspecified atom stereocenters. The van der Waals surface area contributed by atoms with Crippen LogP contribution in [0.15, 0.2) is 17.4 Å². The summed E-state index contributed by atoms with van der Waals surface area (Å²) in [6.07, 6.45) is 6.51. The highest BCUT2D eigenvalue weighted by molar-refractivity contribution is 6.36. The highest BCUT2D eigenvalue weighted by Gasteiger charge is 2.16. The molecule has 27 heavy (non-hydrogen) atoms. The number of nitrogens with zero attached hydrogens (tertiary/aromatic N) is 2. The van der Waals surface area contributed by atoms with Crippen molar-refractivity contribution in [1.82, 2.24) is 10.3 Å². The molecule has 0 aliphatic carbocycles. The van der Waals surface area contributed by atoms with Gasteiger partial charge in [-0.2, -0.15) is 5.10 Å². The second-order valence-electron chi connectivity index (χ2n) is 6.09. The number of methoxy groups -OCH3 is 1. The SMILES string of the molecule is COC(=O)NCC#Cc1cnc(/C(C=[NH+]CC2CCCCO2)=N/N)c(C)c1. The van der Waals surface area contributed by atoms with E-state index in [2.05, 4.69) is 37.0 Å². The standard InChI is InChI=1S/C19H25N5O3/c1-14-10-15(6-5-8-22-19(25)26-2)11-23-18(14)17(24-20)13-21-12-16-7-3-4-9-27-16/h10-11,13,16H,3-4,7-9,12,20H2,1-2H3,(H,22,25)/p+1/b21-13?,24-17+. The third-order valence-electron chi connectivity index (χ3n) is 4.06. The van der Waals surface area contributed by atoms with Gasteiger partial charge in [0.1, 0.15) is 6.10 Å². The van der Waals surface area contributed by atoms with Crippen LogP contribution in [0.5, 0.6) is 0 Å². The maximum atomic E-state index is 11.0. The number of aryl methyl sites for hydroxylation is 1. The molecule has 1 aromatic rings. The summed E-state index contributed by atoms with van der Waals surface area (Å²) >= 11 is 0. The fourth-order valence-electron chi connectivity index (χ4n) is 2.67. The van der Waals surface area contributed by atoms with Gasteiger partial charge in [0.15, 0.2) is 18.5 Å². The van der Waals surface area contributed by atoms with E-state index in [0.717, 1.165) is 37.1 Å². The van der Waals surface area contributed by atoms with E-state index in [1.165, 1.54) is 13.5 Å². The number of carbonyl (C=O) groups excluding carboxylic acids is 1. The van der Waals surface area contributed by atoms with E-state index in [0.29, 0.717) is 11.4 Å². The zero-order chi connectivity index (χ0) is 19.5. The van der Waals surface area contributed by atoms with Crippen molar-refractivity contribution < 1.29 is 19.3 Å². The lowest BCUT2D eigenvalue weighted by molar-refractivity contribution is -0.465. The molecule has 2 heterocycles. The van der Waals surface area contributed by atoms with Crippen LogP contribution < -0.4 is 16.2 Å². The lowest BCUT2D eigenvalue weighted by Gasteiger charge is -2.18. The second kappa shape index (κ2) is 10.9. The highest BCUT2D eigenvalue weighted by atomic mass is 16.5. The Labute approximate surface area is 159 Å². The molecule has 1 saturated heterocycles. The summed E-state index contributed by atoms with van der Waals surface area (Å²) in [6.45, 7) is 3.66. The van der Waals surface area contributed by atoms with Crippen molar-refractivity contribution >= 4 is 18.0 Å². The largest absolute Gasteiger partial charge is 0.453 e. The van der Waals surface area contributed by atoms with Crippen molar-refractivity contribution in [3.63, 3.8) is 0 Å².